The Morgan fingerprint density at radius 2 is 1.92 bits per heavy atom. The highest BCUT2D eigenvalue weighted by atomic mass is 16.5. The Labute approximate surface area is 145 Å². The van der Waals surface area contributed by atoms with E-state index in [0.29, 0.717) is 42.1 Å². The summed E-state index contributed by atoms with van der Waals surface area (Å²) in [7, 11) is 0. The summed E-state index contributed by atoms with van der Waals surface area (Å²) in [6.45, 7) is 4.96. The number of rotatable bonds is 7. The van der Waals surface area contributed by atoms with Gasteiger partial charge in [0.2, 0.25) is 5.82 Å². The number of H-pyrrole nitrogens is 1. The summed E-state index contributed by atoms with van der Waals surface area (Å²) in [6.07, 6.45) is 4.78. The minimum absolute atomic E-state index is 0.453. The molecular formula is C17H20N6O2. The van der Waals surface area contributed by atoms with Crippen molar-refractivity contribution in [1.29, 1.82) is 0 Å². The third-order valence-electron chi connectivity index (χ3n) is 3.52. The number of ether oxygens (including phenoxy) is 2. The van der Waals surface area contributed by atoms with E-state index >= 15 is 0 Å². The number of hydrogen-bond acceptors (Lipinski definition) is 7. The van der Waals surface area contributed by atoms with E-state index in [1.807, 2.05) is 32.0 Å². The van der Waals surface area contributed by atoms with Crippen molar-refractivity contribution in [2.75, 3.05) is 13.2 Å². The molecule has 0 bridgehead atoms. The fraction of sp³-hybridized carbons (Fsp3) is 0.294. The quantitative estimate of drug-likeness (QED) is 0.677. The highest BCUT2D eigenvalue weighted by molar-refractivity contribution is 5.48. The van der Waals surface area contributed by atoms with Crippen molar-refractivity contribution in [1.82, 2.24) is 25.1 Å². The van der Waals surface area contributed by atoms with Gasteiger partial charge in [0.1, 0.15) is 11.5 Å². The summed E-state index contributed by atoms with van der Waals surface area (Å²) in [6, 6.07) is 5.13. The molecule has 8 heteroatoms. The maximum Gasteiger partial charge on any atom is 0.201 e. The molecule has 0 aliphatic carbocycles. The minimum Gasteiger partial charge on any atom is -0.490 e. The average Bonchev–Trinajstić information content (AvgIpc) is 3.14. The Morgan fingerprint density at radius 1 is 1.12 bits per heavy atom. The van der Waals surface area contributed by atoms with Crippen LogP contribution in [0.5, 0.6) is 11.5 Å². The van der Waals surface area contributed by atoms with Crippen LogP contribution in [0.1, 0.15) is 31.3 Å². The molecule has 2 heterocycles. The number of nitrogens with one attached hydrogen (secondary N) is 1. The van der Waals surface area contributed by atoms with Crippen molar-refractivity contribution in [3.05, 3.63) is 48.2 Å². The van der Waals surface area contributed by atoms with E-state index in [-0.39, 0.29) is 0 Å². The lowest BCUT2D eigenvalue weighted by Gasteiger charge is -2.14. The van der Waals surface area contributed by atoms with Crippen molar-refractivity contribution in [3.63, 3.8) is 0 Å². The van der Waals surface area contributed by atoms with Gasteiger partial charge in [-0.25, -0.2) is 9.97 Å². The largest absolute Gasteiger partial charge is 0.490 e. The van der Waals surface area contributed by atoms with Crippen molar-refractivity contribution >= 4 is 0 Å². The van der Waals surface area contributed by atoms with E-state index < -0.39 is 6.04 Å². The van der Waals surface area contributed by atoms with Gasteiger partial charge in [0.15, 0.2) is 11.5 Å². The summed E-state index contributed by atoms with van der Waals surface area (Å²) in [5, 5.41) is 7.03. The molecule has 1 aromatic carbocycles. The van der Waals surface area contributed by atoms with Crippen LogP contribution in [0.4, 0.5) is 0 Å². The molecule has 0 aliphatic rings. The summed E-state index contributed by atoms with van der Waals surface area (Å²) in [4.78, 5) is 12.6. The second-order valence-corrected chi connectivity index (χ2v) is 5.18. The minimum atomic E-state index is -0.479. The second-order valence-electron chi connectivity index (χ2n) is 5.18. The van der Waals surface area contributed by atoms with Gasteiger partial charge in [0, 0.05) is 12.4 Å². The molecule has 25 heavy (non-hydrogen) atoms. The normalized spacial score (nSPS) is 12.0. The number of aromatic amines is 1. The van der Waals surface area contributed by atoms with Crippen LogP contribution >= 0.6 is 0 Å². The van der Waals surface area contributed by atoms with Crippen LogP contribution in [0.25, 0.3) is 11.5 Å². The monoisotopic (exact) mass is 340 g/mol. The number of nitrogens with zero attached hydrogens (tertiary/aromatic N) is 4. The van der Waals surface area contributed by atoms with Gasteiger partial charge in [-0.15, -0.1) is 0 Å². The van der Waals surface area contributed by atoms with Crippen LogP contribution in [0.2, 0.25) is 0 Å². The van der Waals surface area contributed by atoms with Crippen LogP contribution in [-0.2, 0) is 0 Å². The van der Waals surface area contributed by atoms with E-state index in [1.54, 1.807) is 18.6 Å². The van der Waals surface area contributed by atoms with Crippen molar-refractivity contribution in [2.45, 2.75) is 19.9 Å². The first-order valence-corrected chi connectivity index (χ1v) is 8.06. The predicted molar refractivity (Wildman–Crippen MR) is 92.2 cm³/mol. The number of aromatic nitrogens is 5. The lowest BCUT2D eigenvalue weighted by Crippen LogP contribution is -2.14. The highest BCUT2D eigenvalue weighted by Crippen LogP contribution is 2.31. The maximum atomic E-state index is 6.33. The van der Waals surface area contributed by atoms with E-state index in [1.165, 1.54) is 0 Å². The molecule has 3 N–H and O–H groups in total. The van der Waals surface area contributed by atoms with Crippen LogP contribution in [0.15, 0.2) is 36.8 Å². The first kappa shape index (κ1) is 16.8. The topological polar surface area (TPSA) is 112 Å². The first-order valence-electron chi connectivity index (χ1n) is 8.06. The zero-order chi connectivity index (χ0) is 17.6. The molecule has 1 unspecified atom stereocenters. The molecular weight excluding hydrogens is 320 g/mol. The van der Waals surface area contributed by atoms with Crippen LogP contribution < -0.4 is 15.2 Å². The molecule has 2 aromatic heterocycles. The van der Waals surface area contributed by atoms with Crippen LogP contribution in [-0.4, -0.2) is 38.4 Å². The molecule has 1 atom stereocenters. The summed E-state index contributed by atoms with van der Waals surface area (Å²) in [5.41, 5.74) is 7.75. The lowest BCUT2D eigenvalue weighted by molar-refractivity contribution is 0.287. The number of nitrogens with two attached hydrogens (primary N) is 1. The Hall–Kier alpha value is -3.00. The Balaban J connectivity index is 1.86. The molecule has 0 spiro atoms. The van der Waals surface area contributed by atoms with Gasteiger partial charge in [-0.05, 0) is 31.5 Å². The third kappa shape index (κ3) is 3.74. The fourth-order valence-corrected chi connectivity index (χ4v) is 2.36. The zero-order valence-electron chi connectivity index (χ0n) is 14.1. The third-order valence-corrected chi connectivity index (χ3v) is 3.52. The molecule has 130 valence electrons. The Morgan fingerprint density at radius 3 is 2.64 bits per heavy atom. The van der Waals surface area contributed by atoms with Crippen molar-refractivity contribution in [2.24, 2.45) is 5.73 Å². The van der Waals surface area contributed by atoms with Gasteiger partial charge in [-0.2, -0.15) is 5.10 Å². The molecule has 0 saturated carbocycles. The molecule has 0 radical (unpaired) electrons. The fourth-order valence-electron chi connectivity index (χ4n) is 2.36. The van der Waals surface area contributed by atoms with Gasteiger partial charge in [-0.3, -0.25) is 10.1 Å². The smallest absolute Gasteiger partial charge is 0.201 e. The summed E-state index contributed by atoms with van der Waals surface area (Å²) < 4.78 is 11.2. The first-order chi connectivity index (χ1) is 12.2. The predicted octanol–water partition coefficient (Wildman–Crippen LogP) is 2.11. The number of benzene rings is 1. The van der Waals surface area contributed by atoms with Crippen molar-refractivity contribution in [3.8, 4) is 23.0 Å². The molecule has 0 amide bonds. The standard InChI is InChI=1S/C17H20N6O2/c1-3-24-13-6-5-11(9-14(13)25-4-2)15(18)17-21-16(22-23-17)12-10-19-7-8-20-12/h5-10,15H,3-4,18H2,1-2H3,(H,21,22,23). The average molecular weight is 340 g/mol. The molecule has 3 rings (SSSR count). The van der Waals surface area contributed by atoms with E-state index in [4.69, 9.17) is 15.2 Å². The molecule has 8 nitrogen and oxygen atoms in total. The SMILES string of the molecule is CCOc1ccc(C(N)c2nc(-c3cnccn3)n[nH]2)cc1OCC. The molecule has 0 aliphatic heterocycles. The van der Waals surface area contributed by atoms with E-state index in [2.05, 4.69) is 25.1 Å². The zero-order valence-corrected chi connectivity index (χ0v) is 14.1. The summed E-state index contributed by atoms with van der Waals surface area (Å²) in [5.74, 6) is 2.34. The lowest BCUT2D eigenvalue weighted by atomic mass is 10.1. The van der Waals surface area contributed by atoms with Crippen LogP contribution in [0, 0.1) is 0 Å². The Bertz CT molecular complexity index is 821. The van der Waals surface area contributed by atoms with Crippen molar-refractivity contribution < 1.29 is 9.47 Å². The van der Waals surface area contributed by atoms with Gasteiger partial charge in [0.25, 0.3) is 0 Å². The molecule has 0 fully saturated rings. The van der Waals surface area contributed by atoms with E-state index in [9.17, 15) is 0 Å². The number of hydrogen-bond donors (Lipinski definition) is 2. The van der Waals surface area contributed by atoms with Gasteiger partial charge >= 0.3 is 0 Å². The van der Waals surface area contributed by atoms with Gasteiger partial charge in [0.05, 0.1) is 25.5 Å². The van der Waals surface area contributed by atoms with E-state index in [0.717, 1.165) is 5.56 Å². The summed E-state index contributed by atoms with van der Waals surface area (Å²) >= 11 is 0. The van der Waals surface area contributed by atoms with Crippen LogP contribution in [0.3, 0.4) is 0 Å². The molecule has 3 aromatic rings. The van der Waals surface area contributed by atoms with Gasteiger partial charge < -0.3 is 15.2 Å². The maximum absolute atomic E-state index is 6.33. The highest BCUT2D eigenvalue weighted by Gasteiger charge is 2.17. The molecule has 0 saturated heterocycles. The Kier molecular flexibility index (Phi) is 5.20. The second kappa shape index (κ2) is 7.71. The van der Waals surface area contributed by atoms with Gasteiger partial charge in [-0.1, -0.05) is 6.07 Å².